The molecule has 0 aromatic carbocycles. The molecule has 90 valence electrons. The second kappa shape index (κ2) is 4.07. The predicted octanol–water partition coefficient (Wildman–Crippen LogP) is 2.68. The summed E-state index contributed by atoms with van der Waals surface area (Å²) in [5.74, 6) is 0. The quantitative estimate of drug-likeness (QED) is 0.886. The Labute approximate surface area is 97.5 Å². The molecule has 0 aliphatic heterocycles. The summed E-state index contributed by atoms with van der Waals surface area (Å²) >= 11 is 0. The lowest BCUT2D eigenvalue weighted by Crippen LogP contribution is -2.14. The van der Waals surface area contributed by atoms with Crippen LogP contribution in [0.2, 0.25) is 0 Å². The van der Waals surface area contributed by atoms with Crippen molar-refractivity contribution >= 4 is 11.0 Å². The Balaban J connectivity index is 1.98. The largest absolute Gasteiger partial charge is 0.320 e. The Bertz CT molecular complexity index is 532. The standard InChI is InChI=1S/C12H13F2N3/c13-12(14)17-7-8(6-16-9-3-4-9)10-2-1-5-15-11(10)17/h1-2,5,7,9,12,16H,3-4,6H2. The van der Waals surface area contributed by atoms with Crippen molar-refractivity contribution < 1.29 is 8.78 Å². The van der Waals surface area contributed by atoms with E-state index >= 15 is 0 Å². The van der Waals surface area contributed by atoms with Crippen LogP contribution >= 0.6 is 0 Å². The third kappa shape index (κ3) is 2.02. The van der Waals surface area contributed by atoms with Gasteiger partial charge in [-0.25, -0.2) is 4.98 Å². The number of nitrogens with zero attached hydrogens (tertiary/aromatic N) is 2. The number of fused-ring (bicyclic) bond motifs is 1. The summed E-state index contributed by atoms with van der Waals surface area (Å²) in [6, 6.07) is 4.18. The predicted molar refractivity (Wildman–Crippen MR) is 60.8 cm³/mol. The molecule has 0 bridgehead atoms. The molecule has 3 nitrogen and oxygen atoms in total. The van der Waals surface area contributed by atoms with Crippen LogP contribution in [0.1, 0.15) is 25.0 Å². The molecule has 0 radical (unpaired) electrons. The van der Waals surface area contributed by atoms with Crippen LogP contribution in [0.25, 0.3) is 11.0 Å². The average molecular weight is 237 g/mol. The van der Waals surface area contributed by atoms with E-state index in [0.29, 0.717) is 18.2 Å². The maximum absolute atomic E-state index is 12.8. The van der Waals surface area contributed by atoms with Gasteiger partial charge in [0.1, 0.15) is 5.65 Å². The molecule has 1 aliphatic rings. The van der Waals surface area contributed by atoms with Gasteiger partial charge >= 0.3 is 6.55 Å². The maximum Gasteiger partial charge on any atom is 0.320 e. The van der Waals surface area contributed by atoms with E-state index in [1.807, 2.05) is 6.07 Å². The van der Waals surface area contributed by atoms with Crippen LogP contribution < -0.4 is 5.32 Å². The Kier molecular flexibility index (Phi) is 2.55. The third-order valence-corrected chi connectivity index (χ3v) is 3.04. The Morgan fingerprint density at radius 3 is 3.00 bits per heavy atom. The van der Waals surface area contributed by atoms with Crippen molar-refractivity contribution in [2.75, 3.05) is 0 Å². The second-order valence-corrected chi connectivity index (χ2v) is 4.37. The van der Waals surface area contributed by atoms with Crippen LogP contribution in [0.3, 0.4) is 0 Å². The zero-order valence-electron chi connectivity index (χ0n) is 9.24. The second-order valence-electron chi connectivity index (χ2n) is 4.37. The molecule has 1 aliphatic carbocycles. The van der Waals surface area contributed by atoms with Crippen molar-refractivity contribution in [3.8, 4) is 0 Å². The minimum atomic E-state index is -2.54. The van der Waals surface area contributed by atoms with Crippen molar-refractivity contribution in [2.45, 2.75) is 32.0 Å². The molecule has 0 spiro atoms. The molecule has 0 amide bonds. The highest BCUT2D eigenvalue weighted by molar-refractivity contribution is 5.80. The maximum atomic E-state index is 12.8. The monoisotopic (exact) mass is 237 g/mol. The first-order chi connectivity index (χ1) is 8.25. The highest BCUT2D eigenvalue weighted by atomic mass is 19.3. The van der Waals surface area contributed by atoms with E-state index in [2.05, 4.69) is 10.3 Å². The van der Waals surface area contributed by atoms with Crippen LogP contribution in [0.15, 0.2) is 24.5 Å². The molecule has 17 heavy (non-hydrogen) atoms. The number of pyridine rings is 1. The fourth-order valence-electron chi connectivity index (χ4n) is 1.98. The normalized spacial score (nSPS) is 15.9. The topological polar surface area (TPSA) is 29.9 Å². The number of aromatic nitrogens is 2. The number of rotatable bonds is 4. The van der Waals surface area contributed by atoms with Gasteiger partial charge in [0.15, 0.2) is 0 Å². The highest BCUT2D eigenvalue weighted by Crippen LogP contribution is 2.25. The van der Waals surface area contributed by atoms with Crippen LogP contribution in [-0.4, -0.2) is 15.6 Å². The van der Waals surface area contributed by atoms with Gasteiger partial charge in [0.05, 0.1) is 0 Å². The number of hydrogen-bond acceptors (Lipinski definition) is 2. The lowest BCUT2D eigenvalue weighted by molar-refractivity contribution is 0.0745. The summed E-state index contributed by atoms with van der Waals surface area (Å²) in [7, 11) is 0. The molecule has 2 heterocycles. The van der Waals surface area contributed by atoms with Gasteiger partial charge in [0.25, 0.3) is 0 Å². The minimum Gasteiger partial charge on any atom is -0.310 e. The van der Waals surface area contributed by atoms with Gasteiger partial charge in [-0.2, -0.15) is 8.78 Å². The lowest BCUT2D eigenvalue weighted by atomic mass is 10.2. The number of alkyl halides is 2. The number of hydrogen-bond donors (Lipinski definition) is 1. The Morgan fingerprint density at radius 2 is 2.29 bits per heavy atom. The van der Waals surface area contributed by atoms with E-state index in [1.54, 1.807) is 12.3 Å². The molecule has 1 fully saturated rings. The molecule has 2 aromatic heterocycles. The molecule has 0 saturated heterocycles. The van der Waals surface area contributed by atoms with Gasteiger partial charge in [-0.05, 0) is 30.5 Å². The van der Waals surface area contributed by atoms with E-state index in [0.717, 1.165) is 15.5 Å². The van der Waals surface area contributed by atoms with Crippen LogP contribution in [-0.2, 0) is 6.54 Å². The van der Waals surface area contributed by atoms with E-state index in [-0.39, 0.29) is 0 Å². The van der Waals surface area contributed by atoms with Gasteiger partial charge in [0.2, 0.25) is 0 Å². The van der Waals surface area contributed by atoms with Gasteiger partial charge in [-0.3, -0.25) is 4.57 Å². The van der Waals surface area contributed by atoms with E-state index < -0.39 is 6.55 Å². The minimum absolute atomic E-state index is 0.357. The summed E-state index contributed by atoms with van der Waals surface area (Å²) in [6.45, 7) is -1.91. The smallest absolute Gasteiger partial charge is 0.310 e. The fourth-order valence-corrected chi connectivity index (χ4v) is 1.98. The first-order valence-electron chi connectivity index (χ1n) is 5.71. The van der Waals surface area contributed by atoms with Crippen LogP contribution in [0.4, 0.5) is 8.78 Å². The fraction of sp³-hybridized carbons (Fsp3) is 0.417. The Morgan fingerprint density at radius 1 is 1.47 bits per heavy atom. The molecule has 5 heteroatoms. The SMILES string of the molecule is FC(F)n1cc(CNC2CC2)c2cccnc21. The van der Waals surface area contributed by atoms with E-state index in [4.69, 9.17) is 0 Å². The molecular weight excluding hydrogens is 224 g/mol. The zero-order valence-corrected chi connectivity index (χ0v) is 9.24. The van der Waals surface area contributed by atoms with Gasteiger partial charge in [0, 0.05) is 30.4 Å². The lowest BCUT2D eigenvalue weighted by Gasteiger charge is -2.00. The highest BCUT2D eigenvalue weighted by Gasteiger charge is 2.21. The van der Waals surface area contributed by atoms with E-state index in [9.17, 15) is 8.78 Å². The molecular formula is C12H13F2N3. The molecule has 2 aromatic rings. The van der Waals surface area contributed by atoms with Gasteiger partial charge in [-0.15, -0.1) is 0 Å². The van der Waals surface area contributed by atoms with Crippen molar-refractivity contribution in [3.05, 3.63) is 30.1 Å². The average Bonchev–Trinajstić information content (AvgIpc) is 3.07. The molecule has 0 unspecified atom stereocenters. The zero-order chi connectivity index (χ0) is 11.8. The summed E-state index contributed by atoms with van der Waals surface area (Å²) in [6.07, 6.45) is 5.41. The molecule has 1 saturated carbocycles. The van der Waals surface area contributed by atoms with Crippen molar-refractivity contribution in [1.29, 1.82) is 0 Å². The van der Waals surface area contributed by atoms with Gasteiger partial charge < -0.3 is 5.32 Å². The first kappa shape index (κ1) is 10.7. The number of nitrogens with one attached hydrogen (secondary N) is 1. The van der Waals surface area contributed by atoms with E-state index in [1.165, 1.54) is 19.0 Å². The van der Waals surface area contributed by atoms with Crippen molar-refractivity contribution in [1.82, 2.24) is 14.9 Å². The number of halogens is 2. The summed E-state index contributed by atoms with van der Waals surface area (Å²) < 4.78 is 26.6. The van der Waals surface area contributed by atoms with Crippen LogP contribution in [0, 0.1) is 0 Å². The van der Waals surface area contributed by atoms with Crippen molar-refractivity contribution in [3.63, 3.8) is 0 Å². The summed E-state index contributed by atoms with van der Waals surface area (Å²) in [5.41, 5.74) is 1.25. The first-order valence-corrected chi connectivity index (χ1v) is 5.71. The molecule has 1 N–H and O–H groups in total. The van der Waals surface area contributed by atoms with Crippen molar-refractivity contribution in [2.24, 2.45) is 0 Å². The third-order valence-electron chi connectivity index (χ3n) is 3.04. The summed E-state index contributed by atoms with van der Waals surface area (Å²) in [4.78, 5) is 4.02. The summed E-state index contributed by atoms with van der Waals surface area (Å²) in [5, 5.41) is 4.14. The van der Waals surface area contributed by atoms with Crippen LogP contribution in [0.5, 0.6) is 0 Å². The van der Waals surface area contributed by atoms with Gasteiger partial charge in [-0.1, -0.05) is 0 Å². The molecule has 0 atom stereocenters. The molecule has 3 rings (SSSR count). The Hall–Kier alpha value is -1.49.